The predicted molar refractivity (Wildman–Crippen MR) is 56.9 cm³/mol. The second kappa shape index (κ2) is 3.58. The lowest BCUT2D eigenvalue weighted by Crippen LogP contribution is -1.86. The third kappa shape index (κ3) is 1.79. The van der Waals surface area contributed by atoms with Gasteiger partial charge >= 0.3 is 0 Å². The van der Waals surface area contributed by atoms with Crippen LogP contribution in [0.5, 0.6) is 0 Å². The van der Waals surface area contributed by atoms with E-state index >= 15 is 0 Å². The van der Waals surface area contributed by atoms with E-state index in [0.29, 0.717) is 0 Å². The van der Waals surface area contributed by atoms with Gasteiger partial charge in [-0.2, -0.15) is 0 Å². The molecule has 2 rings (SSSR count). The van der Waals surface area contributed by atoms with Gasteiger partial charge in [0.1, 0.15) is 0 Å². The first kappa shape index (κ1) is 8.88. The summed E-state index contributed by atoms with van der Waals surface area (Å²) in [5.41, 5.74) is 4.32. The molecule has 0 amide bonds. The van der Waals surface area contributed by atoms with Crippen molar-refractivity contribution in [3.63, 3.8) is 0 Å². The van der Waals surface area contributed by atoms with E-state index in [0.717, 1.165) is 17.0 Å². The molecular weight excluding hydrogens is 172 g/mol. The molecule has 0 aromatic carbocycles. The molecule has 0 radical (unpaired) electrons. The Balaban J connectivity index is 2.44. The number of rotatable bonds is 1. The van der Waals surface area contributed by atoms with Crippen molar-refractivity contribution in [3.05, 3.63) is 47.9 Å². The van der Waals surface area contributed by atoms with Crippen LogP contribution in [0.1, 0.15) is 11.3 Å². The second-order valence-electron chi connectivity index (χ2n) is 3.41. The van der Waals surface area contributed by atoms with Crippen LogP contribution < -0.4 is 0 Å². The molecule has 0 aliphatic heterocycles. The smallest absolute Gasteiger partial charge is 0.0703 e. The Kier molecular flexibility index (Phi) is 2.27. The zero-order valence-electron chi connectivity index (χ0n) is 8.36. The Morgan fingerprint density at radius 2 is 1.86 bits per heavy atom. The Hall–Kier alpha value is -1.70. The molecule has 0 N–H and O–H groups in total. The standard InChI is InChI=1S/C12H12N2/c1-9-3-4-12(14-8-9)11-5-6-13-10(2)7-11/h3-8H,1-2H3. The number of aryl methyl sites for hydroxylation is 2. The van der Waals surface area contributed by atoms with Gasteiger partial charge in [0.15, 0.2) is 0 Å². The van der Waals surface area contributed by atoms with E-state index in [2.05, 4.69) is 16.0 Å². The SMILES string of the molecule is Cc1ccc(-c2ccnc(C)c2)nc1. The molecule has 2 heterocycles. The monoisotopic (exact) mass is 184 g/mol. The molecule has 0 saturated heterocycles. The molecule has 14 heavy (non-hydrogen) atoms. The van der Waals surface area contributed by atoms with Crippen LogP contribution in [0.15, 0.2) is 36.7 Å². The number of nitrogens with zero attached hydrogens (tertiary/aromatic N) is 2. The van der Waals surface area contributed by atoms with E-state index in [1.165, 1.54) is 5.56 Å². The largest absolute Gasteiger partial charge is 0.262 e. The van der Waals surface area contributed by atoms with Gasteiger partial charge in [0.25, 0.3) is 0 Å². The average Bonchev–Trinajstić information content (AvgIpc) is 2.19. The Morgan fingerprint density at radius 1 is 1.00 bits per heavy atom. The summed E-state index contributed by atoms with van der Waals surface area (Å²) in [5, 5.41) is 0. The number of hydrogen-bond acceptors (Lipinski definition) is 2. The summed E-state index contributed by atoms with van der Waals surface area (Å²) >= 11 is 0. The van der Waals surface area contributed by atoms with Gasteiger partial charge in [0.05, 0.1) is 5.69 Å². The van der Waals surface area contributed by atoms with Gasteiger partial charge in [-0.05, 0) is 37.6 Å². The zero-order chi connectivity index (χ0) is 9.97. The van der Waals surface area contributed by atoms with Crippen molar-refractivity contribution < 1.29 is 0 Å². The van der Waals surface area contributed by atoms with E-state index in [4.69, 9.17) is 0 Å². The van der Waals surface area contributed by atoms with Gasteiger partial charge < -0.3 is 0 Å². The lowest BCUT2D eigenvalue weighted by molar-refractivity contribution is 1.19. The predicted octanol–water partition coefficient (Wildman–Crippen LogP) is 2.76. The third-order valence-corrected chi connectivity index (χ3v) is 2.10. The zero-order valence-corrected chi connectivity index (χ0v) is 8.36. The summed E-state index contributed by atoms with van der Waals surface area (Å²) < 4.78 is 0. The van der Waals surface area contributed by atoms with Crippen molar-refractivity contribution in [2.45, 2.75) is 13.8 Å². The Bertz CT molecular complexity index is 432. The van der Waals surface area contributed by atoms with Crippen LogP contribution in [0.3, 0.4) is 0 Å². The summed E-state index contributed by atoms with van der Waals surface area (Å²) in [6, 6.07) is 8.12. The van der Waals surface area contributed by atoms with Crippen molar-refractivity contribution in [2.24, 2.45) is 0 Å². The van der Waals surface area contributed by atoms with E-state index < -0.39 is 0 Å². The molecule has 2 aromatic rings. The highest BCUT2D eigenvalue weighted by Crippen LogP contribution is 2.16. The first-order chi connectivity index (χ1) is 6.75. The lowest BCUT2D eigenvalue weighted by atomic mass is 10.1. The highest BCUT2D eigenvalue weighted by atomic mass is 14.7. The maximum atomic E-state index is 4.36. The topological polar surface area (TPSA) is 25.8 Å². The minimum Gasteiger partial charge on any atom is -0.262 e. The quantitative estimate of drug-likeness (QED) is 0.681. The van der Waals surface area contributed by atoms with Crippen LogP contribution in [0.25, 0.3) is 11.3 Å². The van der Waals surface area contributed by atoms with Crippen LogP contribution in [-0.4, -0.2) is 9.97 Å². The molecule has 0 atom stereocenters. The summed E-state index contributed by atoms with van der Waals surface area (Å²) in [6.07, 6.45) is 3.69. The van der Waals surface area contributed by atoms with Crippen molar-refractivity contribution in [3.8, 4) is 11.3 Å². The van der Waals surface area contributed by atoms with E-state index in [-0.39, 0.29) is 0 Å². The molecule has 0 aliphatic rings. The maximum Gasteiger partial charge on any atom is 0.0703 e. The molecule has 0 saturated carbocycles. The number of hydrogen-bond donors (Lipinski definition) is 0. The minimum absolute atomic E-state index is 1.00. The second-order valence-corrected chi connectivity index (χ2v) is 3.41. The molecule has 2 nitrogen and oxygen atoms in total. The Morgan fingerprint density at radius 3 is 2.50 bits per heavy atom. The molecular formula is C12H12N2. The molecule has 2 aromatic heterocycles. The van der Waals surface area contributed by atoms with Crippen molar-refractivity contribution in [1.82, 2.24) is 9.97 Å². The van der Waals surface area contributed by atoms with Crippen molar-refractivity contribution in [1.29, 1.82) is 0 Å². The third-order valence-electron chi connectivity index (χ3n) is 2.10. The number of pyridine rings is 2. The van der Waals surface area contributed by atoms with Gasteiger partial charge in [0, 0.05) is 23.7 Å². The highest BCUT2D eigenvalue weighted by molar-refractivity contribution is 5.58. The summed E-state index contributed by atoms with van der Waals surface area (Å²) in [6.45, 7) is 4.02. The molecule has 0 aliphatic carbocycles. The fraction of sp³-hybridized carbons (Fsp3) is 0.167. The first-order valence-electron chi connectivity index (χ1n) is 4.61. The minimum atomic E-state index is 1.00. The highest BCUT2D eigenvalue weighted by Gasteiger charge is 1.98. The van der Waals surface area contributed by atoms with E-state index in [1.807, 2.05) is 44.4 Å². The summed E-state index contributed by atoms with van der Waals surface area (Å²) in [7, 11) is 0. The van der Waals surface area contributed by atoms with Gasteiger partial charge in [-0.25, -0.2) is 0 Å². The Labute approximate surface area is 83.7 Å². The normalized spacial score (nSPS) is 10.1. The van der Waals surface area contributed by atoms with Gasteiger partial charge in [-0.3, -0.25) is 9.97 Å². The molecule has 0 unspecified atom stereocenters. The van der Waals surface area contributed by atoms with E-state index in [1.54, 1.807) is 0 Å². The first-order valence-corrected chi connectivity index (χ1v) is 4.61. The molecule has 2 heteroatoms. The van der Waals surface area contributed by atoms with Crippen LogP contribution in [-0.2, 0) is 0 Å². The lowest BCUT2D eigenvalue weighted by Gasteiger charge is -2.01. The van der Waals surface area contributed by atoms with Gasteiger partial charge in [-0.15, -0.1) is 0 Å². The summed E-state index contributed by atoms with van der Waals surface area (Å²) in [5.74, 6) is 0. The molecule has 0 bridgehead atoms. The number of aromatic nitrogens is 2. The average molecular weight is 184 g/mol. The molecule has 70 valence electrons. The maximum absolute atomic E-state index is 4.36. The van der Waals surface area contributed by atoms with Crippen LogP contribution in [0.4, 0.5) is 0 Å². The van der Waals surface area contributed by atoms with Crippen molar-refractivity contribution >= 4 is 0 Å². The molecule has 0 spiro atoms. The van der Waals surface area contributed by atoms with Crippen LogP contribution in [0, 0.1) is 13.8 Å². The van der Waals surface area contributed by atoms with Gasteiger partial charge in [0.2, 0.25) is 0 Å². The summed E-state index contributed by atoms with van der Waals surface area (Å²) in [4.78, 5) is 8.52. The van der Waals surface area contributed by atoms with Crippen molar-refractivity contribution in [2.75, 3.05) is 0 Å². The van der Waals surface area contributed by atoms with Gasteiger partial charge in [-0.1, -0.05) is 6.07 Å². The van der Waals surface area contributed by atoms with E-state index in [9.17, 15) is 0 Å². The van der Waals surface area contributed by atoms with Crippen LogP contribution >= 0.6 is 0 Å². The van der Waals surface area contributed by atoms with Crippen LogP contribution in [0.2, 0.25) is 0 Å². The fourth-order valence-electron chi connectivity index (χ4n) is 1.34. The fourth-order valence-corrected chi connectivity index (χ4v) is 1.34. The molecule has 0 fully saturated rings.